The summed E-state index contributed by atoms with van der Waals surface area (Å²) in [4.78, 5) is 24.2. The summed E-state index contributed by atoms with van der Waals surface area (Å²) >= 11 is 0. The molecule has 4 nitrogen and oxygen atoms in total. The van der Waals surface area contributed by atoms with Crippen molar-refractivity contribution in [3.8, 4) is 0 Å². The topological polar surface area (TPSA) is 55.4 Å². The van der Waals surface area contributed by atoms with Gasteiger partial charge in [-0.3, -0.25) is 4.79 Å². The minimum atomic E-state index is -0.361. The molecule has 0 spiro atoms. The molecule has 0 saturated carbocycles. The molecule has 0 aliphatic rings. The van der Waals surface area contributed by atoms with Crippen molar-refractivity contribution in [2.45, 2.75) is 40.0 Å². The first-order valence-corrected chi connectivity index (χ1v) is 9.07. The molecular formula is C22H27NO3. The van der Waals surface area contributed by atoms with Gasteiger partial charge in [-0.25, -0.2) is 4.79 Å². The summed E-state index contributed by atoms with van der Waals surface area (Å²) in [6.45, 7) is 8.38. The van der Waals surface area contributed by atoms with Gasteiger partial charge in [-0.1, -0.05) is 38.1 Å². The van der Waals surface area contributed by atoms with Crippen molar-refractivity contribution >= 4 is 17.6 Å². The van der Waals surface area contributed by atoms with E-state index >= 15 is 0 Å². The Labute approximate surface area is 155 Å². The maximum absolute atomic E-state index is 12.5. The average Bonchev–Trinajstić information content (AvgIpc) is 2.62. The smallest absolute Gasteiger partial charge is 0.338 e. The molecule has 0 heterocycles. The molecular weight excluding hydrogens is 326 g/mol. The third kappa shape index (κ3) is 5.45. The number of hydrogen-bond acceptors (Lipinski definition) is 3. The molecule has 0 saturated heterocycles. The Morgan fingerprint density at radius 1 is 0.962 bits per heavy atom. The normalized spacial score (nSPS) is 11.9. The Bertz CT molecular complexity index is 733. The molecule has 0 aromatic heterocycles. The number of amides is 1. The number of ether oxygens (including phenoxy) is 1. The molecule has 1 amide bonds. The molecule has 0 unspecified atom stereocenters. The molecule has 2 aromatic rings. The van der Waals surface area contributed by atoms with Crippen LogP contribution in [0.2, 0.25) is 0 Å². The highest BCUT2D eigenvalue weighted by atomic mass is 16.5. The van der Waals surface area contributed by atoms with E-state index in [1.165, 1.54) is 5.56 Å². The molecule has 4 heteroatoms. The minimum absolute atomic E-state index is 0.0782. The Balaban J connectivity index is 1.99. The first kappa shape index (κ1) is 19.7. The molecule has 1 N–H and O–H groups in total. The Kier molecular flexibility index (Phi) is 6.96. The van der Waals surface area contributed by atoms with E-state index in [4.69, 9.17) is 4.74 Å². The molecule has 1 atom stereocenters. The summed E-state index contributed by atoms with van der Waals surface area (Å²) in [6, 6.07) is 14.9. The molecule has 0 aliphatic carbocycles. The zero-order valence-electron chi connectivity index (χ0n) is 15.9. The van der Waals surface area contributed by atoms with Crippen molar-refractivity contribution in [1.82, 2.24) is 0 Å². The van der Waals surface area contributed by atoms with Crippen LogP contribution in [-0.2, 0) is 16.0 Å². The van der Waals surface area contributed by atoms with Crippen LogP contribution >= 0.6 is 0 Å². The molecule has 138 valence electrons. The number of anilines is 1. The SMILES string of the molecule is CCOC(=O)c1ccc(NC(=O)[C@H](C)c2ccc(CC(C)C)cc2)cc1. The lowest BCUT2D eigenvalue weighted by molar-refractivity contribution is -0.117. The van der Waals surface area contributed by atoms with Gasteiger partial charge in [0.05, 0.1) is 18.1 Å². The molecule has 0 fully saturated rings. The zero-order chi connectivity index (χ0) is 19.1. The third-order valence-corrected chi connectivity index (χ3v) is 4.18. The second-order valence-corrected chi connectivity index (χ2v) is 6.85. The van der Waals surface area contributed by atoms with Crippen LogP contribution in [0.25, 0.3) is 0 Å². The van der Waals surface area contributed by atoms with E-state index in [1.807, 2.05) is 19.1 Å². The standard InChI is InChI=1S/C22H27NO3/c1-5-26-22(25)19-10-12-20(13-11-19)23-21(24)16(4)18-8-6-17(7-9-18)14-15(2)3/h6-13,15-16H,5,14H2,1-4H3,(H,23,24)/t16-/m1/s1. The summed E-state index contributed by atoms with van der Waals surface area (Å²) in [6.07, 6.45) is 1.04. The quantitative estimate of drug-likeness (QED) is 0.727. The number of nitrogens with one attached hydrogen (secondary N) is 1. The number of rotatable bonds is 7. The van der Waals surface area contributed by atoms with Crippen molar-refractivity contribution in [2.24, 2.45) is 5.92 Å². The maximum atomic E-state index is 12.5. The van der Waals surface area contributed by atoms with Gasteiger partial charge in [-0.05, 0) is 61.6 Å². The highest BCUT2D eigenvalue weighted by Crippen LogP contribution is 2.20. The first-order chi connectivity index (χ1) is 12.4. The Hall–Kier alpha value is -2.62. The zero-order valence-corrected chi connectivity index (χ0v) is 15.9. The van der Waals surface area contributed by atoms with Crippen molar-refractivity contribution in [2.75, 3.05) is 11.9 Å². The monoisotopic (exact) mass is 353 g/mol. The van der Waals surface area contributed by atoms with Gasteiger partial charge in [0.1, 0.15) is 0 Å². The van der Waals surface area contributed by atoms with Crippen LogP contribution in [0.15, 0.2) is 48.5 Å². The van der Waals surface area contributed by atoms with Crippen molar-refractivity contribution in [3.63, 3.8) is 0 Å². The lowest BCUT2D eigenvalue weighted by Crippen LogP contribution is -2.19. The summed E-state index contributed by atoms with van der Waals surface area (Å²) in [7, 11) is 0. The van der Waals surface area contributed by atoms with E-state index in [2.05, 4.69) is 31.3 Å². The van der Waals surface area contributed by atoms with E-state index < -0.39 is 0 Å². The van der Waals surface area contributed by atoms with Crippen LogP contribution in [0.5, 0.6) is 0 Å². The van der Waals surface area contributed by atoms with Crippen molar-refractivity contribution < 1.29 is 14.3 Å². The van der Waals surface area contributed by atoms with Gasteiger partial charge in [-0.15, -0.1) is 0 Å². The number of esters is 1. The van der Waals surface area contributed by atoms with Gasteiger partial charge >= 0.3 is 5.97 Å². The minimum Gasteiger partial charge on any atom is -0.462 e. The second-order valence-electron chi connectivity index (χ2n) is 6.85. The predicted octanol–water partition coefficient (Wildman–Crippen LogP) is 4.80. The fourth-order valence-corrected chi connectivity index (χ4v) is 2.72. The highest BCUT2D eigenvalue weighted by molar-refractivity contribution is 5.96. The Morgan fingerprint density at radius 3 is 2.12 bits per heavy atom. The molecule has 2 rings (SSSR count). The van der Waals surface area contributed by atoms with Crippen LogP contribution < -0.4 is 5.32 Å². The average molecular weight is 353 g/mol. The fourth-order valence-electron chi connectivity index (χ4n) is 2.72. The summed E-state index contributed by atoms with van der Waals surface area (Å²) in [5, 5.41) is 2.89. The number of carbonyl (C=O) groups is 2. The van der Waals surface area contributed by atoms with Gasteiger partial charge in [0.2, 0.25) is 5.91 Å². The summed E-state index contributed by atoms with van der Waals surface area (Å²) in [5.41, 5.74) is 3.40. The van der Waals surface area contributed by atoms with E-state index in [0.717, 1.165) is 12.0 Å². The summed E-state index contributed by atoms with van der Waals surface area (Å²) in [5.74, 6) is -0.0855. The first-order valence-electron chi connectivity index (χ1n) is 9.07. The largest absolute Gasteiger partial charge is 0.462 e. The third-order valence-electron chi connectivity index (χ3n) is 4.18. The lowest BCUT2D eigenvalue weighted by Gasteiger charge is -2.14. The van der Waals surface area contributed by atoms with Gasteiger partial charge in [0, 0.05) is 5.69 Å². The van der Waals surface area contributed by atoms with Crippen molar-refractivity contribution in [1.29, 1.82) is 0 Å². The molecule has 0 aliphatic heterocycles. The number of benzene rings is 2. The number of carbonyl (C=O) groups excluding carboxylic acids is 2. The van der Waals surface area contributed by atoms with Gasteiger partial charge in [0.25, 0.3) is 0 Å². The van der Waals surface area contributed by atoms with Crippen LogP contribution in [-0.4, -0.2) is 18.5 Å². The van der Waals surface area contributed by atoms with Crippen LogP contribution in [0.1, 0.15) is 55.1 Å². The summed E-state index contributed by atoms with van der Waals surface area (Å²) < 4.78 is 4.95. The van der Waals surface area contributed by atoms with Gasteiger partial charge < -0.3 is 10.1 Å². The second kappa shape index (κ2) is 9.18. The van der Waals surface area contributed by atoms with E-state index in [0.29, 0.717) is 23.8 Å². The van der Waals surface area contributed by atoms with E-state index in [-0.39, 0.29) is 17.8 Å². The van der Waals surface area contributed by atoms with Gasteiger partial charge in [-0.2, -0.15) is 0 Å². The van der Waals surface area contributed by atoms with E-state index in [1.54, 1.807) is 31.2 Å². The lowest BCUT2D eigenvalue weighted by atomic mass is 9.96. The molecule has 0 radical (unpaired) electrons. The van der Waals surface area contributed by atoms with Crippen LogP contribution in [0.3, 0.4) is 0 Å². The maximum Gasteiger partial charge on any atom is 0.338 e. The van der Waals surface area contributed by atoms with Gasteiger partial charge in [0.15, 0.2) is 0 Å². The molecule has 2 aromatic carbocycles. The van der Waals surface area contributed by atoms with Crippen LogP contribution in [0.4, 0.5) is 5.69 Å². The predicted molar refractivity (Wildman–Crippen MR) is 104 cm³/mol. The Morgan fingerprint density at radius 2 is 1.58 bits per heavy atom. The van der Waals surface area contributed by atoms with E-state index in [9.17, 15) is 9.59 Å². The fraction of sp³-hybridized carbons (Fsp3) is 0.364. The van der Waals surface area contributed by atoms with Crippen molar-refractivity contribution in [3.05, 3.63) is 65.2 Å². The highest BCUT2D eigenvalue weighted by Gasteiger charge is 2.16. The molecule has 0 bridgehead atoms. The molecule has 26 heavy (non-hydrogen) atoms. The van der Waals surface area contributed by atoms with Crippen LogP contribution in [0, 0.1) is 5.92 Å². The number of hydrogen-bond donors (Lipinski definition) is 1.